The van der Waals surface area contributed by atoms with Crippen LogP contribution >= 0.6 is 0 Å². The number of amides is 1. The van der Waals surface area contributed by atoms with Crippen molar-refractivity contribution in [2.24, 2.45) is 5.92 Å². The number of ether oxygens (including phenoxy) is 2. The fourth-order valence-electron chi connectivity index (χ4n) is 3.07. The molecule has 0 spiro atoms. The Morgan fingerprint density at radius 3 is 2.67 bits per heavy atom. The Morgan fingerprint density at radius 1 is 1.25 bits per heavy atom. The molecule has 0 aromatic heterocycles. The average molecular weight is 334 g/mol. The van der Waals surface area contributed by atoms with Gasteiger partial charge >= 0.3 is 0 Å². The number of carbonyl (C=O) groups is 1. The van der Waals surface area contributed by atoms with Crippen LogP contribution in [-0.2, 0) is 11.2 Å². The molecular weight excluding hydrogens is 304 g/mol. The van der Waals surface area contributed by atoms with E-state index in [1.54, 1.807) is 14.2 Å². The minimum atomic E-state index is 0.0221. The summed E-state index contributed by atoms with van der Waals surface area (Å²) >= 11 is 0. The second-order valence-corrected chi connectivity index (χ2v) is 6.58. The van der Waals surface area contributed by atoms with E-state index in [-0.39, 0.29) is 5.91 Å². The molecule has 1 aliphatic heterocycles. The van der Waals surface area contributed by atoms with Crippen molar-refractivity contribution in [3.63, 3.8) is 0 Å². The summed E-state index contributed by atoms with van der Waals surface area (Å²) in [5.41, 5.74) is 0.847. The first-order valence-corrected chi connectivity index (χ1v) is 8.82. The maximum absolute atomic E-state index is 12.2. The summed E-state index contributed by atoms with van der Waals surface area (Å²) in [7, 11) is 3.23. The van der Waals surface area contributed by atoms with Crippen molar-refractivity contribution in [2.45, 2.75) is 32.6 Å². The number of nitrogens with one attached hydrogen (secondary N) is 1. The van der Waals surface area contributed by atoms with Gasteiger partial charge in [0.05, 0.1) is 20.6 Å². The van der Waals surface area contributed by atoms with Gasteiger partial charge in [-0.3, -0.25) is 4.79 Å². The molecule has 1 aromatic carbocycles. The predicted octanol–water partition coefficient (Wildman–Crippen LogP) is 2.48. The van der Waals surface area contributed by atoms with Crippen LogP contribution in [0.4, 0.5) is 0 Å². The molecule has 5 nitrogen and oxygen atoms in total. The molecule has 0 atom stereocenters. The number of hydrogen-bond acceptors (Lipinski definition) is 4. The smallest absolute Gasteiger partial charge is 0.224 e. The number of likely N-dealkylation sites (tertiary alicyclic amines) is 1. The van der Waals surface area contributed by atoms with Gasteiger partial charge in [-0.05, 0) is 63.0 Å². The van der Waals surface area contributed by atoms with Crippen LogP contribution in [0.3, 0.4) is 0 Å². The van der Waals surface area contributed by atoms with Gasteiger partial charge in [-0.25, -0.2) is 0 Å². The van der Waals surface area contributed by atoms with Crippen molar-refractivity contribution in [3.05, 3.63) is 23.8 Å². The van der Waals surface area contributed by atoms with E-state index >= 15 is 0 Å². The molecule has 1 saturated heterocycles. The quantitative estimate of drug-likeness (QED) is 0.742. The first-order valence-electron chi connectivity index (χ1n) is 8.82. The number of benzene rings is 1. The summed E-state index contributed by atoms with van der Waals surface area (Å²) in [4.78, 5) is 14.7. The monoisotopic (exact) mass is 334 g/mol. The van der Waals surface area contributed by atoms with Crippen molar-refractivity contribution in [3.8, 4) is 11.5 Å². The molecule has 0 bridgehead atoms. The topological polar surface area (TPSA) is 50.8 Å². The minimum Gasteiger partial charge on any atom is -0.497 e. The van der Waals surface area contributed by atoms with Crippen molar-refractivity contribution in [1.82, 2.24) is 10.2 Å². The summed E-state index contributed by atoms with van der Waals surface area (Å²) in [5, 5.41) is 3.01. The third-order valence-electron chi connectivity index (χ3n) is 4.69. The Morgan fingerprint density at radius 2 is 2.00 bits per heavy atom. The van der Waals surface area contributed by atoms with Crippen LogP contribution in [0, 0.1) is 5.92 Å². The number of methoxy groups -OCH3 is 2. The summed E-state index contributed by atoms with van der Waals surface area (Å²) in [6.07, 6.45) is 3.89. The predicted molar refractivity (Wildman–Crippen MR) is 95.7 cm³/mol. The van der Waals surface area contributed by atoms with Crippen LogP contribution in [0.25, 0.3) is 0 Å². The number of nitrogens with zero attached hydrogens (tertiary/aromatic N) is 1. The van der Waals surface area contributed by atoms with Crippen LogP contribution in [0.15, 0.2) is 18.2 Å². The van der Waals surface area contributed by atoms with Gasteiger partial charge in [0, 0.05) is 12.1 Å². The standard InChI is InChI=1S/C19H30N2O3/c1-15-7-11-21(12-8-15)10-4-9-20-19(22)14-16-13-17(23-2)5-6-18(16)24-3/h5-6,13,15H,4,7-12,14H2,1-3H3,(H,20,22). The molecule has 2 rings (SSSR count). The van der Waals surface area contributed by atoms with E-state index in [1.165, 1.54) is 25.9 Å². The Hall–Kier alpha value is -1.75. The summed E-state index contributed by atoms with van der Waals surface area (Å²) in [6, 6.07) is 5.52. The minimum absolute atomic E-state index is 0.0221. The average Bonchev–Trinajstić information content (AvgIpc) is 2.60. The van der Waals surface area contributed by atoms with Crippen LogP contribution in [0.2, 0.25) is 0 Å². The number of carbonyl (C=O) groups excluding carboxylic acids is 1. The highest BCUT2D eigenvalue weighted by atomic mass is 16.5. The SMILES string of the molecule is COc1ccc(OC)c(CC(=O)NCCCN2CCC(C)CC2)c1. The molecule has 1 heterocycles. The third kappa shape index (κ3) is 5.71. The molecule has 1 fully saturated rings. The van der Waals surface area contributed by atoms with Crippen LogP contribution in [-0.4, -0.2) is 51.2 Å². The van der Waals surface area contributed by atoms with Gasteiger partial charge in [0.2, 0.25) is 5.91 Å². The lowest BCUT2D eigenvalue weighted by molar-refractivity contribution is -0.120. The highest BCUT2D eigenvalue weighted by Gasteiger charge is 2.15. The van der Waals surface area contributed by atoms with Gasteiger partial charge in [-0.1, -0.05) is 6.92 Å². The highest BCUT2D eigenvalue weighted by Crippen LogP contribution is 2.24. The fraction of sp³-hybridized carbons (Fsp3) is 0.632. The lowest BCUT2D eigenvalue weighted by atomic mass is 9.99. The first-order chi connectivity index (χ1) is 11.6. The maximum atomic E-state index is 12.2. The Labute approximate surface area is 145 Å². The Kier molecular flexibility index (Phi) is 7.37. The largest absolute Gasteiger partial charge is 0.497 e. The summed E-state index contributed by atoms with van der Waals surface area (Å²) in [6.45, 7) is 6.49. The maximum Gasteiger partial charge on any atom is 0.224 e. The molecule has 0 unspecified atom stereocenters. The third-order valence-corrected chi connectivity index (χ3v) is 4.69. The molecule has 1 N–H and O–H groups in total. The fourth-order valence-corrected chi connectivity index (χ4v) is 3.07. The van der Waals surface area contributed by atoms with E-state index in [0.717, 1.165) is 36.7 Å². The van der Waals surface area contributed by atoms with Gasteiger partial charge in [0.1, 0.15) is 11.5 Å². The molecule has 1 amide bonds. The lowest BCUT2D eigenvalue weighted by Gasteiger charge is -2.30. The molecule has 0 radical (unpaired) electrons. The Balaban J connectivity index is 1.71. The number of hydrogen-bond donors (Lipinski definition) is 1. The van der Waals surface area contributed by atoms with Crippen LogP contribution in [0.1, 0.15) is 31.7 Å². The zero-order chi connectivity index (χ0) is 17.4. The molecule has 24 heavy (non-hydrogen) atoms. The van der Waals surface area contributed by atoms with Crippen molar-refractivity contribution in [1.29, 1.82) is 0 Å². The van der Waals surface area contributed by atoms with E-state index < -0.39 is 0 Å². The molecule has 0 aliphatic carbocycles. The van der Waals surface area contributed by atoms with Gasteiger partial charge in [-0.15, -0.1) is 0 Å². The van der Waals surface area contributed by atoms with Gasteiger partial charge in [-0.2, -0.15) is 0 Å². The summed E-state index contributed by atoms with van der Waals surface area (Å²) in [5.74, 6) is 2.33. The first kappa shape index (κ1) is 18.6. The van der Waals surface area contributed by atoms with Gasteiger partial charge < -0.3 is 19.7 Å². The number of piperidine rings is 1. The van der Waals surface area contributed by atoms with Gasteiger partial charge in [0.25, 0.3) is 0 Å². The number of rotatable bonds is 8. The Bertz CT molecular complexity index is 525. The van der Waals surface area contributed by atoms with Crippen molar-refractivity contribution >= 4 is 5.91 Å². The molecule has 1 aromatic rings. The lowest BCUT2D eigenvalue weighted by Crippen LogP contribution is -2.35. The van der Waals surface area contributed by atoms with Crippen molar-refractivity contribution < 1.29 is 14.3 Å². The van der Waals surface area contributed by atoms with E-state index in [0.29, 0.717) is 12.2 Å². The van der Waals surface area contributed by atoms with E-state index in [1.807, 2.05) is 18.2 Å². The molecular formula is C19H30N2O3. The normalized spacial score (nSPS) is 16.0. The van der Waals surface area contributed by atoms with E-state index in [4.69, 9.17) is 9.47 Å². The summed E-state index contributed by atoms with van der Waals surface area (Å²) < 4.78 is 10.5. The van der Waals surface area contributed by atoms with Gasteiger partial charge in [0.15, 0.2) is 0 Å². The molecule has 1 aliphatic rings. The zero-order valence-corrected chi connectivity index (χ0v) is 15.1. The zero-order valence-electron chi connectivity index (χ0n) is 15.1. The highest BCUT2D eigenvalue weighted by molar-refractivity contribution is 5.79. The second kappa shape index (κ2) is 9.52. The molecule has 0 saturated carbocycles. The van der Waals surface area contributed by atoms with Crippen LogP contribution in [0.5, 0.6) is 11.5 Å². The molecule has 134 valence electrons. The van der Waals surface area contributed by atoms with E-state index in [9.17, 15) is 4.79 Å². The van der Waals surface area contributed by atoms with Crippen LogP contribution < -0.4 is 14.8 Å². The van der Waals surface area contributed by atoms with E-state index in [2.05, 4.69) is 17.1 Å². The molecule has 5 heteroatoms. The second-order valence-electron chi connectivity index (χ2n) is 6.58. The van der Waals surface area contributed by atoms with Crippen molar-refractivity contribution in [2.75, 3.05) is 40.4 Å².